The van der Waals surface area contributed by atoms with Crippen LogP contribution in [-0.4, -0.2) is 12.2 Å². The normalized spacial score (nSPS) is 20.6. The molecule has 1 unspecified atom stereocenters. The van der Waals surface area contributed by atoms with Gasteiger partial charge in [-0.05, 0) is 30.3 Å². The van der Waals surface area contributed by atoms with Crippen LogP contribution in [0.5, 0.6) is 11.5 Å². The van der Waals surface area contributed by atoms with Crippen LogP contribution in [0.3, 0.4) is 0 Å². The van der Waals surface area contributed by atoms with E-state index in [9.17, 15) is 5.11 Å². The summed E-state index contributed by atoms with van der Waals surface area (Å²) < 4.78 is 12.2. The van der Waals surface area contributed by atoms with Gasteiger partial charge in [-0.2, -0.15) is 0 Å². The first-order valence-electron chi connectivity index (χ1n) is 6.56. The highest BCUT2D eigenvalue weighted by molar-refractivity contribution is 9.10. The van der Waals surface area contributed by atoms with Crippen molar-refractivity contribution in [3.05, 3.63) is 57.0 Å². The number of aliphatic hydroxyl groups excluding tert-OH is 1. The number of rotatable bonds is 2. The molecule has 110 valence electrons. The third kappa shape index (κ3) is 2.89. The lowest BCUT2D eigenvalue weighted by atomic mass is 9.95. The summed E-state index contributed by atoms with van der Waals surface area (Å²) >= 11 is 9.57. The van der Waals surface area contributed by atoms with Gasteiger partial charge in [-0.15, -0.1) is 0 Å². The molecule has 2 atom stereocenters. The van der Waals surface area contributed by atoms with E-state index in [4.69, 9.17) is 21.1 Å². The lowest BCUT2D eigenvalue weighted by molar-refractivity contribution is 0.0651. The summed E-state index contributed by atoms with van der Waals surface area (Å²) in [5.41, 5.74) is 1.71. The van der Waals surface area contributed by atoms with Crippen LogP contribution in [-0.2, 0) is 0 Å². The lowest BCUT2D eigenvalue weighted by Gasteiger charge is -2.30. The first-order valence-corrected chi connectivity index (χ1v) is 7.73. The zero-order chi connectivity index (χ0) is 15.0. The van der Waals surface area contributed by atoms with Crippen molar-refractivity contribution in [2.45, 2.75) is 18.6 Å². The van der Waals surface area contributed by atoms with E-state index >= 15 is 0 Å². The molecule has 0 spiro atoms. The van der Waals surface area contributed by atoms with E-state index in [1.807, 2.05) is 30.3 Å². The number of halogens is 2. The Kier molecular flexibility index (Phi) is 4.11. The topological polar surface area (TPSA) is 38.7 Å². The van der Waals surface area contributed by atoms with Gasteiger partial charge < -0.3 is 14.6 Å². The quantitative estimate of drug-likeness (QED) is 0.836. The van der Waals surface area contributed by atoms with Gasteiger partial charge in [0.05, 0.1) is 13.2 Å². The van der Waals surface area contributed by atoms with E-state index in [-0.39, 0.29) is 6.10 Å². The summed E-state index contributed by atoms with van der Waals surface area (Å²) in [4.78, 5) is 0. The number of ether oxygens (including phenoxy) is 2. The third-order valence-electron chi connectivity index (χ3n) is 3.59. The Hall–Kier alpha value is -1.23. The van der Waals surface area contributed by atoms with Crippen molar-refractivity contribution < 1.29 is 14.6 Å². The predicted molar refractivity (Wildman–Crippen MR) is 85.1 cm³/mol. The van der Waals surface area contributed by atoms with Crippen LogP contribution >= 0.6 is 27.5 Å². The molecule has 21 heavy (non-hydrogen) atoms. The molecule has 5 heteroatoms. The summed E-state index contributed by atoms with van der Waals surface area (Å²) in [5.74, 6) is 1.34. The Morgan fingerprint density at radius 1 is 1.24 bits per heavy atom. The van der Waals surface area contributed by atoms with Crippen molar-refractivity contribution in [1.82, 2.24) is 0 Å². The number of methoxy groups -OCH3 is 1. The van der Waals surface area contributed by atoms with Gasteiger partial charge in [-0.25, -0.2) is 0 Å². The molecule has 2 aromatic rings. The molecule has 0 amide bonds. The average Bonchev–Trinajstić information content (AvgIpc) is 2.49. The van der Waals surface area contributed by atoms with Gasteiger partial charge in [0.15, 0.2) is 0 Å². The fraction of sp³-hybridized carbons (Fsp3) is 0.250. The second kappa shape index (κ2) is 5.87. The SMILES string of the molecule is COc1ccc2c(c1)OC(c1cc(Cl)ccc1Br)C[C@@H]2O. The molecule has 1 aliphatic rings. The monoisotopic (exact) mass is 368 g/mol. The van der Waals surface area contributed by atoms with Crippen LogP contribution < -0.4 is 9.47 Å². The van der Waals surface area contributed by atoms with Crippen molar-refractivity contribution in [3.8, 4) is 11.5 Å². The number of aliphatic hydroxyl groups is 1. The van der Waals surface area contributed by atoms with Crippen molar-refractivity contribution in [1.29, 1.82) is 0 Å². The summed E-state index contributed by atoms with van der Waals surface area (Å²) in [6, 6.07) is 11.0. The number of hydrogen-bond acceptors (Lipinski definition) is 3. The van der Waals surface area contributed by atoms with Crippen molar-refractivity contribution in [2.24, 2.45) is 0 Å². The van der Waals surface area contributed by atoms with Crippen LogP contribution in [0.25, 0.3) is 0 Å². The molecule has 1 aliphatic heterocycles. The Morgan fingerprint density at radius 3 is 2.81 bits per heavy atom. The van der Waals surface area contributed by atoms with Crippen LogP contribution in [0.4, 0.5) is 0 Å². The van der Waals surface area contributed by atoms with E-state index < -0.39 is 6.10 Å². The fourth-order valence-electron chi connectivity index (χ4n) is 2.50. The first-order chi connectivity index (χ1) is 10.1. The van der Waals surface area contributed by atoms with Crippen molar-refractivity contribution in [3.63, 3.8) is 0 Å². The molecule has 0 bridgehead atoms. The predicted octanol–water partition coefficient (Wildman–Crippen LogP) is 4.67. The van der Waals surface area contributed by atoms with Gasteiger partial charge in [0, 0.05) is 33.1 Å². The Morgan fingerprint density at radius 2 is 2.05 bits per heavy atom. The average molecular weight is 370 g/mol. The molecule has 3 nitrogen and oxygen atoms in total. The molecule has 0 saturated heterocycles. The van der Waals surface area contributed by atoms with Crippen LogP contribution in [0, 0.1) is 0 Å². The maximum Gasteiger partial charge on any atom is 0.129 e. The number of fused-ring (bicyclic) bond motifs is 1. The van der Waals surface area contributed by atoms with E-state index in [2.05, 4.69) is 15.9 Å². The van der Waals surface area contributed by atoms with Gasteiger partial charge in [0.2, 0.25) is 0 Å². The van der Waals surface area contributed by atoms with Crippen LogP contribution in [0.2, 0.25) is 5.02 Å². The van der Waals surface area contributed by atoms with Crippen molar-refractivity contribution >= 4 is 27.5 Å². The van der Waals surface area contributed by atoms with Gasteiger partial charge in [-0.3, -0.25) is 0 Å². The second-order valence-corrected chi connectivity index (χ2v) is 6.22. The standard InChI is InChI=1S/C16H14BrClO3/c1-20-10-3-4-11-14(19)8-16(21-15(11)7-10)12-6-9(18)2-5-13(12)17/h2-7,14,16,19H,8H2,1H3/t14-,16?/m0/s1. The van der Waals surface area contributed by atoms with E-state index in [1.165, 1.54) is 0 Å². The largest absolute Gasteiger partial charge is 0.497 e. The molecule has 1 heterocycles. The minimum absolute atomic E-state index is 0.257. The number of benzene rings is 2. The Balaban J connectivity index is 1.98. The Bertz CT molecular complexity index is 675. The molecular weight excluding hydrogens is 356 g/mol. The smallest absolute Gasteiger partial charge is 0.129 e. The highest BCUT2D eigenvalue weighted by Gasteiger charge is 2.29. The van der Waals surface area contributed by atoms with Gasteiger partial charge in [0.25, 0.3) is 0 Å². The summed E-state index contributed by atoms with van der Waals surface area (Å²) in [5, 5.41) is 11.0. The maximum absolute atomic E-state index is 10.3. The molecule has 1 N–H and O–H groups in total. The zero-order valence-corrected chi connectivity index (χ0v) is 13.7. The third-order valence-corrected chi connectivity index (χ3v) is 4.55. The highest BCUT2D eigenvalue weighted by Crippen LogP contribution is 2.44. The van der Waals surface area contributed by atoms with E-state index in [0.717, 1.165) is 15.6 Å². The lowest BCUT2D eigenvalue weighted by Crippen LogP contribution is -2.19. The summed E-state index contributed by atoms with van der Waals surface area (Å²) in [6.07, 6.45) is -0.346. The molecule has 0 aliphatic carbocycles. The fourth-order valence-corrected chi connectivity index (χ4v) is 3.18. The molecule has 0 aromatic heterocycles. The molecule has 2 aromatic carbocycles. The molecule has 0 radical (unpaired) electrons. The van der Waals surface area contributed by atoms with Gasteiger partial charge >= 0.3 is 0 Å². The minimum atomic E-state index is -0.574. The summed E-state index contributed by atoms with van der Waals surface area (Å²) in [6.45, 7) is 0. The van der Waals surface area contributed by atoms with Gasteiger partial charge in [0.1, 0.15) is 17.6 Å². The van der Waals surface area contributed by atoms with E-state index in [1.54, 1.807) is 13.2 Å². The molecule has 3 rings (SSSR count). The van der Waals surface area contributed by atoms with Crippen molar-refractivity contribution in [2.75, 3.05) is 7.11 Å². The Labute approximate surface area is 136 Å². The summed E-state index contributed by atoms with van der Waals surface area (Å²) in [7, 11) is 1.60. The number of hydrogen-bond donors (Lipinski definition) is 1. The van der Waals surface area contributed by atoms with Crippen LogP contribution in [0.1, 0.15) is 29.8 Å². The minimum Gasteiger partial charge on any atom is -0.497 e. The van der Waals surface area contributed by atoms with Crippen LogP contribution in [0.15, 0.2) is 40.9 Å². The first kappa shape index (κ1) is 14.7. The molecule has 0 saturated carbocycles. The second-order valence-electron chi connectivity index (χ2n) is 4.93. The maximum atomic E-state index is 10.3. The van der Waals surface area contributed by atoms with Gasteiger partial charge in [-0.1, -0.05) is 27.5 Å². The molecular formula is C16H14BrClO3. The highest BCUT2D eigenvalue weighted by atomic mass is 79.9. The zero-order valence-electron chi connectivity index (χ0n) is 11.3. The van der Waals surface area contributed by atoms with E-state index in [0.29, 0.717) is 22.9 Å². The molecule has 0 fully saturated rings.